The first-order valence-corrected chi connectivity index (χ1v) is 10.8. The van der Waals surface area contributed by atoms with E-state index in [0.29, 0.717) is 31.1 Å². The topological polar surface area (TPSA) is 55.8 Å². The molecule has 6 heteroatoms. The second-order valence-electron chi connectivity index (χ2n) is 7.07. The Hall–Kier alpha value is -2.99. The molecule has 3 aromatic rings. The first-order chi connectivity index (χ1) is 14.6. The second kappa shape index (κ2) is 8.79. The average Bonchev–Trinajstić information content (AvgIpc) is 3.04. The Balaban J connectivity index is 1.49. The maximum absolute atomic E-state index is 12.4. The molecule has 0 N–H and O–H groups in total. The van der Waals surface area contributed by atoms with Gasteiger partial charge in [0.05, 0.1) is 12.4 Å². The molecule has 0 bridgehead atoms. The van der Waals surface area contributed by atoms with Crippen LogP contribution >= 0.6 is 11.8 Å². The molecule has 5 nitrogen and oxygen atoms in total. The van der Waals surface area contributed by atoms with Gasteiger partial charge in [0.15, 0.2) is 11.5 Å². The number of carbonyl (C=O) groups is 2. The summed E-state index contributed by atoms with van der Waals surface area (Å²) in [6, 6.07) is 20.1. The number of thioether (sulfide) groups is 1. The maximum atomic E-state index is 12.4. The third-order valence-electron chi connectivity index (χ3n) is 5.23. The molecule has 154 valence electrons. The number of hydrogen-bond acceptors (Lipinski definition) is 5. The lowest BCUT2D eigenvalue weighted by atomic mass is 10.1. The smallest absolute Gasteiger partial charge is 0.289 e. The van der Waals surface area contributed by atoms with Crippen LogP contribution in [0.5, 0.6) is 11.5 Å². The molecular weight excluding hydrogens is 398 g/mol. The van der Waals surface area contributed by atoms with Gasteiger partial charge in [-0.05, 0) is 47.4 Å². The van der Waals surface area contributed by atoms with Crippen molar-refractivity contribution in [2.75, 3.05) is 13.7 Å². The van der Waals surface area contributed by atoms with Gasteiger partial charge in [-0.15, -0.1) is 0 Å². The summed E-state index contributed by atoms with van der Waals surface area (Å²) in [4.78, 5) is 25.6. The number of nitrogens with zero attached hydrogens (tertiary/aromatic N) is 1. The summed E-state index contributed by atoms with van der Waals surface area (Å²) in [5.74, 6) is 1.13. The van der Waals surface area contributed by atoms with Gasteiger partial charge in [-0.2, -0.15) is 0 Å². The molecule has 2 amide bonds. The highest BCUT2D eigenvalue weighted by Crippen LogP contribution is 2.33. The van der Waals surface area contributed by atoms with Gasteiger partial charge in [0.2, 0.25) is 5.91 Å². The first-order valence-electron chi connectivity index (χ1n) is 9.89. The minimum absolute atomic E-state index is 0.122. The number of methoxy groups -OCH3 is 1. The standard InChI is InChI=1S/C24H23NO4S/c1-3-25-23(26)22(30-24(25)27)14-16-11-12-20(21(13-16)28-2)29-15-18-9-6-8-17-7-4-5-10-19(17)18/h4-13,22H,3,14-15H2,1-2H3/t22-/m1/s1. The SMILES string of the molecule is CCN1C(=O)S[C@H](Cc2ccc(OCc3cccc4ccccc34)c(OC)c2)C1=O. The quantitative estimate of drug-likeness (QED) is 0.534. The van der Waals surface area contributed by atoms with Crippen LogP contribution in [0, 0.1) is 0 Å². The van der Waals surface area contributed by atoms with Gasteiger partial charge in [-0.25, -0.2) is 0 Å². The van der Waals surface area contributed by atoms with Crippen molar-refractivity contribution in [3.8, 4) is 11.5 Å². The van der Waals surface area contributed by atoms with Crippen LogP contribution in [0.4, 0.5) is 4.79 Å². The lowest BCUT2D eigenvalue weighted by Gasteiger charge is -2.14. The number of carbonyl (C=O) groups excluding carboxylic acids is 2. The van der Waals surface area contributed by atoms with Crippen molar-refractivity contribution in [2.24, 2.45) is 0 Å². The Morgan fingerprint density at radius 2 is 1.80 bits per heavy atom. The molecule has 0 radical (unpaired) electrons. The molecule has 30 heavy (non-hydrogen) atoms. The van der Waals surface area contributed by atoms with Gasteiger partial charge < -0.3 is 9.47 Å². The zero-order valence-electron chi connectivity index (χ0n) is 17.0. The van der Waals surface area contributed by atoms with E-state index in [4.69, 9.17) is 9.47 Å². The summed E-state index contributed by atoms with van der Waals surface area (Å²) in [6.45, 7) is 2.64. The van der Waals surface area contributed by atoms with Crippen LogP contribution in [0.1, 0.15) is 18.1 Å². The van der Waals surface area contributed by atoms with Crippen LogP contribution in [0.3, 0.4) is 0 Å². The van der Waals surface area contributed by atoms with Gasteiger partial charge in [0, 0.05) is 6.54 Å². The lowest BCUT2D eigenvalue weighted by molar-refractivity contribution is -0.126. The van der Waals surface area contributed by atoms with Crippen LogP contribution in [0.2, 0.25) is 0 Å². The van der Waals surface area contributed by atoms with Gasteiger partial charge in [0.1, 0.15) is 6.61 Å². The van der Waals surface area contributed by atoms with Crippen molar-refractivity contribution in [2.45, 2.75) is 25.2 Å². The summed E-state index contributed by atoms with van der Waals surface area (Å²) in [6.07, 6.45) is 0.478. The Kier molecular flexibility index (Phi) is 5.95. The molecule has 0 unspecified atom stereocenters. The fourth-order valence-electron chi connectivity index (χ4n) is 3.66. The minimum Gasteiger partial charge on any atom is -0.493 e. The Bertz CT molecular complexity index is 1090. The average molecular weight is 422 g/mol. The number of fused-ring (bicyclic) bond motifs is 1. The van der Waals surface area contributed by atoms with E-state index >= 15 is 0 Å². The van der Waals surface area contributed by atoms with Gasteiger partial charge in [-0.3, -0.25) is 14.5 Å². The number of ether oxygens (including phenoxy) is 2. The van der Waals surface area contributed by atoms with E-state index in [1.54, 1.807) is 7.11 Å². The molecule has 1 aliphatic rings. The van der Waals surface area contributed by atoms with E-state index in [1.807, 2.05) is 43.3 Å². The number of benzene rings is 3. The molecule has 0 saturated carbocycles. The fraction of sp³-hybridized carbons (Fsp3) is 0.250. The molecule has 1 heterocycles. The van der Waals surface area contributed by atoms with Crippen LogP contribution in [-0.2, 0) is 17.8 Å². The Morgan fingerprint density at radius 1 is 1.00 bits per heavy atom. The molecule has 1 atom stereocenters. The highest BCUT2D eigenvalue weighted by atomic mass is 32.2. The van der Waals surface area contributed by atoms with Crippen molar-refractivity contribution in [3.05, 3.63) is 71.8 Å². The summed E-state index contributed by atoms with van der Waals surface area (Å²) < 4.78 is 11.6. The summed E-state index contributed by atoms with van der Waals surface area (Å²) in [5.41, 5.74) is 2.03. The van der Waals surface area contributed by atoms with Gasteiger partial charge in [0.25, 0.3) is 5.24 Å². The first kappa shape index (κ1) is 20.3. The number of amides is 2. The second-order valence-corrected chi connectivity index (χ2v) is 8.23. The van der Waals surface area contributed by atoms with Crippen molar-refractivity contribution in [3.63, 3.8) is 0 Å². The molecule has 0 spiro atoms. The van der Waals surface area contributed by atoms with E-state index in [2.05, 4.69) is 24.3 Å². The zero-order valence-corrected chi connectivity index (χ0v) is 17.8. The van der Waals surface area contributed by atoms with Crippen LogP contribution in [0.25, 0.3) is 10.8 Å². The van der Waals surface area contributed by atoms with Crippen LogP contribution in [0.15, 0.2) is 60.7 Å². The van der Waals surface area contributed by atoms with Gasteiger partial charge >= 0.3 is 0 Å². The predicted octanol–water partition coefficient (Wildman–Crippen LogP) is 5.05. The predicted molar refractivity (Wildman–Crippen MR) is 119 cm³/mol. The molecule has 1 aliphatic heterocycles. The zero-order chi connectivity index (χ0) is 21.1. The number of imide groups is 1. The van der Waals surface area contributed by atoms with Crippen molar-refractivity contribution < 1.29 is 19.1 Å². The maximum Gasteiger partial charge on any atom is 0.289 e. The van der Waals surface area contributed by atoms with E-state index in [0.717, 1.165) is 28.3 Å². The monoisotopic (exact) mass is 421 g/mol. The fourth-order valence-corrected chi connectivity index (χ4v) is 4.75. The molecule has 4 rings (SSSR count). The molecule has 0 aromatic heterocycles. The Labute approximate surface area is 180 Å². The van der Waals surface area contributed by atoms with Crippen LogP contribution in [-0.4, -0.2) is 35.0 Å². The summed E-state index contributed by atoms with van der Waals surface area (Å²) in [5, 5.41) is 1.78. The van der Waals surface area contributed by atoms with E-state index in [-0.39, 0.29) is 16.4 Å². The van der Waals surface area contributed by atoms with Crippen molar-refractivity contribution in [1.29, 1.82) is 0 Å². The molecule has 0 aliphatic carbocycles. The number of hydrogen-bond donors (Lipinski definition) is 0. The third-order valence-corrected chi connectivity index (χ3v) is 6.31. The molecular formula is C24H23NO4S. The van der Waals surface area contributed by atoms with Crippen molar-refractivity contribution in [1.82, 2.24) is 4.90 Å². The van der Waals surface area contributed by atoms with Crippen molar-refractivity contribution >= 4 is 33.7 Å². The largest absolute Gasteiger partial charge is 0.493 e. The molecule has 1 fully saturated rings. The molecule has 1 saturated heterocycles. The minimum atomic E-state index is -0.385. The van der Waals surface area contributed by atoms with E-state index in [1.165, 1.54) is 10.3 Å². The van der Waals surface area contributed by atoms with Crippen LogP contribution < -0.4 is 9.47 Å². The normalized spacial score (nSPS) is 16.3. The van der Waals surface area contributed by atoms with E-state index < -0.39 is 0 Å². The molecule has 3 aromatic carbocycles. The highest BCUT2D eigenvalue weighted by molar-refractivity contribution is 8.15. The lowest BCUT2D eigenvalue weighted by Crippen LogP contribution is -2.31. The third kappa shape index (κ3) is 4.00. The Morgan fingerprint density at radius 3 is 2.57 bits per heavy atom. The number of rotatable bonds is 7. The van der Waals surface area contributed by atoms with Gasteiger partial charge in [-0.1, -0.05) is 60.3 Å². The highest BCUT2D eigenvalue weighted by Gasteiger charge is 2.38. The summed E-state index contributed by atoms with van der Waals surface area (Å²) >= 11 is 1.09. The van der Waals surface area contributed by atoms with E-state index in [9.17, 15) is 9.59 Å². The summed E-state index contributed by atoms with van der Waals surface area (Å²) in [7, 11) is 1.60.